The van der Waals surface area contributed by atoms with Crippen LogP contribution in [0, 0.1) is 24.4 Å². The van der Waals surface area contributed by atoms with Crippen LogP contribution in [0.1, 0.15) is 54.7 Å². The number of aliphatic carboxylic acids is 1. The molecule has 3 aromatic rings. The molecule has 1 aromatic heterocycles. The summed E-state index contributed by atoms with van der Waals surface area (Å²) in [5, 5.41) is 22.1. The highest BCUT2D eigenvalue weighted by Crippen LogP contribution is 2.36. The van der Waals surface area contributed by atoms with Crippen molar-refractivity contribution in [1.82, 2.24) is 9.88 Å². The van der Waals surface area contributed by atoms with E-state index in [1.165, 1.54) is 20.8 Å². The van der Waals surface area contributed by atoms with Crippen molar-refractivity contribution in [3.63, 3.8) is 0 Å². The van der Waals surface area contributed by atoms with Gasteiger partial charge in [0.05, 0.1) is 11.4 Å². The SMILES string of the molecule is CCC(C)(NC(=O)C(C)c1c(C)n(C(=O)c2ccc(F)c(F)c2)c2cc(F)c(O)cc12)C(=O)O. The minimum atomic E-state index is -1.55. The highest BCUT2D eigenvalue weighted by Gasteiger charge is 2.36. The number of carboxylic acid groups (broad SMARTS) is 1. The quantitative estimate of drug-likeness (QED) is 0.493. The number of halogens is 3. The molecule has 180 valence electrons. The van der Waals surface area contributed by atoms with Gasteiger partial charge in [-0.2, -0.15) is 0 Å². The maximum atomic E-state index is 14.2. The molecule has 7 nitrogen and oxygen atoms in total. The van der Waals surface area contributed by atoms with Gasteiger partial charge in [-0.25, -0.2) is 18.0 Å². The number of carbonyl (C=O) groups is 3. The van der Waals surface area contributed by atoms with Crippen LogP contribution in [-0.2, 0) is 9.59 Å². The summed E-state index contributed by atoms with van der Waals surface area (Å²) >= 11 is 0. The Morgan fingerprint density at radius 2 is 1.74 bits per heavy atom. The lowest BCUT2D eigenvalue weighted by molar-refractivity contribution is -0.147. The van der Waals surface area contributed by atoms with Gasteiger partial charge in [-0.05, 0) is 57.0 Å². The molecular weight excluding hydrogens is 453 g/mol. The fraction of sp³-hybridized carbons (Fsp3) is 0.292. The molecule has 0 aliphatic heterocycles. The zero-order valence-electron chi connectivity index (χ0n) is 18.9. The van der Waals surface area contributed by atoms with Crippen LogP contribution in [-0.4, -0.2) is 38.1 Å². The van der Waals surface area contributed by atoms with Crippen molar-refractivity contribution >= 4 is 28.7 Å². The molecule has 2 atom stereocenters. The van der Waals surface area contributed by atoms with E-state index >= 15 is 0 Å². The maximum Gasteiger partial charge on any atom is 0.329 e. The summed E-state index contributed by atoms with van der Waals surface area (Å²) in [4.78, 5) is 37.8. The van der Waals surface area contributed by atoms with Crippen LogP contribution in [0.3, 0.4) is 0 Å². The molecule has 0 saturated heterocycles. The highest BCUT2D eigenvalue weighted by molar-refractivity contribution is 6.06. The molecule has 0 radical (unpaired) electrons. The number of fused-ring (bicyclic) bond motifs is 1. The number of hydrogen-bond donors (Lipinski definition) is 3. The summed E-state index contributed by atoms with van der Waals surface area (Å²) in [6.07, 6.45) is 0.0994. The standard InChI is InChI=1S/C24H23F3N2O5/c1-5-24(4,23(33)34)28-21(31)11(2)20-12(3)29(18-10-17(27)19(30)9-14(18)20)22(32)13-6-7-15(25)16(26)8-13/h6-11,30H,5H2,1-4H3,(H,28,31)(H,33,34). The number of aromatic nitrogens is 1. The predicted molar refractivity (Wildman–Crippen MR) is 117 cm³/mol. The first-order valence-corrected chi connectivity index (χ1v) is 10.4. The largest absolute Gasteiger partial charge is 0.505 e. The molecular formula is C24H23F3N2O5. The van der Waals surface area contributed by atoms with E-state index in [0.29, 0.717) is 6.07 Å². The second-order valence-corrected chi connectivity index (χ2v) is 8.29. The maximum absolute atomic E-state index is 14.2. The third kappa shape index (κ3) is 4.11. The van der Waals surface area contributed by atoms with E-state index in [1.54, 1.807) is 6.92 Å². The smallest absolute Gasteiger partial charge is 0.329 e. The van der Waals surface area contributed by atoms with Crippen molar-refractivity contribution in [2.75, 3.05) is 0 Å². The number of aromatic hydroxyl groups is 1. The average Bonchev–Trinajstić information content (AvgIpc) is 3.05. The number of phenols is 1. The molecule has 34 heavy (non-hydrogen) atoms. The van der Waals surface area contributed by atoms with Gasteiger partial charge in [0.1, 0.15) is 5.54 Å². The van der Waals surface area contributed by atoms with Crippen molar-refractivity contribution in [3.05, 3.63) is 64.6 Å². The van der Waals surface area contributed by atoms with Gasteiger partial charge in [0.25, 0.3) is 5.91 Å². The van der Waals surface area contributed by atoms with Crippen LogP contribution >= 0.6 is 0 Å². The minimum absolute atomic E-state index is 0.00586. The van der Waals surface area contributed by atoms with Crippen molar-refractivity contribution in [1.29, 1.82) is 0 Å². The zero-order chi connectivity index (χ0) is 25.5. The number of rotatable bonds is 6. The molecule has 0 aliphatic rings. The van der Waals surface area contributed by atoms with Gasteiger partial charge in [-0.3, -0.25) is 14.2 Å². The van der Waals surface area contributed by atoms with Crippen molar-refractivity contribution in [3.8, 4) is 5.75 Å². The lowest BCUT2D eigenvalue weighted by Crippen LogP contribution is -2.52. The van der Waals surface area contributed by atoms with Crippen molar-refractivity contribution < 1.29 is 37.8 Å². The normalized spacial score (nSPS) is 14.0. The number of nitrogens with zero attached hydrogens (tertiary/aromatic N) is 1. The molecule has 1 amide bonds. The van der Waals surface area contributed by atoms with Crippen molar-refractivity contribution in [2.45, 2.75) is 45.6 Å². The highest BCUT2D eigenvalue weighted by atomic mass is 19.2. The first-order valence-electron chi connectivity index (χ1n) is 10.4. The average molecular weight is 476 g/mol. The van der Waals surface area contributed by atoms with Gasteiger partial charge in [-0.15, -0.1) is 0 Å². The summed E-state index contributed by atoms with van der Waals surface area (Å²) in [6, 6.07) is 4.51. The third-order valence-corrected chi connectivity index (χ3v) is 6.10. The molecule has 3 rings (SSSR count). The van der Waals surface area contributed by atoms with E-state index in [0.717, 1.165) is 28.8 Å². The molecule has 0 aliphatic carbocycles. The molecule has 0 saturated carbocycles. The Balaban J connectivity index is 2.20. The van der Waals surface area contributed by atoms with E-state index in [9.17, 15) is 37.8 Å². The Kier molecular flexibility index (Phi) is 6.46. The first kappa shape index (κ1) is 24.8. The van der Waals surface area contributed by atoms with Crippen LogP contribution in [0.5, 0.6) is 5.75 Å². The Morgan fingerprint density at radius 3 is 2.29 bits per heavy atom. The number of phenolic OH excluding ortho intramolecular Hbond substituents is 1. The Hall–Kier alpha value is -3.82. The Labute approximate surface area is 192 Å². The van der Waals surface area contributed by atoms with Crippen LogP contribution in [0.25, 0.3) is 10.9 Å². The molecule has 2 unspecified atom stereocenters. The van der Waals surface area contributed by atoms with Crippen LogP contribution in [0.15, 0.2) is 30.3 Å². The molecule has 0 spiro atoms. The fourth-order valence-corrected chi connectivity index (χ4v) is 3.82. The fourth-order valence-electron chi connectivity index (χ4n) is 3.82. The summed E-state index contributed by atoms with van der Waals surface area (Å²) in [5.41, 5.74) is -1.35. The second kappa shape index (κ2) is 8.85. The van der Waals surface area contributed by atoms with E-state index in [4.69, 9.17) is 0 Å². The first-order chi connectivity index (χ1) is 15.8. The Bertz CT molecular complexity index is 1330. The van der Waals surface area contributed by atoms with Crippen LogP contribution in [0.2, 0.25) is 0 Å². The van der Waals surface area contributed by atoms with Crippen molar-refractivity contribution in [2.24, 2.45) is 0 Å². The monoisotopic (exact) mass is 476 g/mol. The molecule has 0 bridgehead atoms. The van der Waals surface area contributed by atoms with Gasteiger partial charge in [0.15, 0.2) is 23.2 Å². The van der Waals surface area contributed by atoms with E-state index in [2.05, 4.69) is 5.32 Å². The van der Waals surface area contributed by atoms with Gasteiger partial charge >= 0.3 is 5.97 Å². The molecule has 0 fully saturated rings. The van der Waals surface area contributed by atoms with Crippen LogP contribution in [0.4, 0.5) is 13.2 Å². The second-order valence-electron chi connectivity index (χ2n) is 8.29. The lowest BCUT2D eigenvalue weighted by atomic mass is 9.93. The summed E-state index contributed by atoms with van der Waals surface area (Å²) in [7, 11) is 0. The van der Waals surface area contributed by atoms with Gasteiger partial charge in [0, 0.05) is 22.7 Å². The third-order valence-electron chi connectivity index (χ3n) is 6.10. The molecule has 1 heterocycles. The predicted octanol–water partition coefficient (Wildman–Crippen LogP) is 4.23. The summed E-state index contributed by atoms with van der Waals surface area (Å²) in [6.45, 7) is 5.89. The molecule has 2 aromatic carbocycles. The number of amides is 1. The number of benzene rings is 2. The van der Waals surface area contributed by atoms with E-state index < -0.39 is 52.4 Å². The number of carbonyl (C=O) groups excluding carboxylic acids is 2. The molecule has 10 heteroatoms. The topological polar surface area (TPSA) is 109 Å². The molecule has 3 N–H and O–H groups in total. The van der Waals surface area contributed by atoms with Gasteiger partial charge in [-0.1, -0.05) is 6.92 Å². The van der Waals surface area contributed by atoms with Gasteiger partial charge < -0.3 is 15.5 Å². The lowest BCUT2D eigenvalue weighted by Gasteiger charge is -2.26. The number of nitrogens with one attached hydrogen (secondary N) is 1. The number of hydrogen-bond acceptors (Lipinski definition) is 4. The van der Waals surface area contributed by atoms with Crippen LogP contribution < -0.4 is 5.32 Å². The summed E-state index contributed by atoms with van der Waals surface area (Å²) in [5.74, 6) is -7.87. The Morgan fingerprint density at radius 1 is 1.09 bits per heavy atom. The minimum Gasteiger partial charge on any atom is -0.505 e. The van der Waals surface area contributed by atoms with E-state index in [1.807, 2.05) is 0 Å². The van der Waals surface area contributed by atoms with Gasteiger partial charge in [0.2, 0.25) is 5.91 Å². The number of carboxylic acids is 1. The zero-order valence-corrected chi connectivity index (χ0v) is 18.9. The van der Waals surface area contributed by atoms with E-state index in [-0.39, 0.29) is 34.1 Å². The summed E-state index contributed by atoms with van der Waals surface area (Å²) < 4.78 is 42.4.